The predicted octanol–water partition coefficient (Wildman–Crippen LogP) is 4.20. The van der Waals surface area contributed by atoms with Gasteiger partial charge in [-0.3, -0.25) is 4.79 Å². The number of carbonyl (C=O) groups is 1. The lowest BCUT2D eigenvalue weighted by atomic mass is 9.95. The van der Waals surface area contributed by atoms with Crippen molar-refractivity contribution in [1.29, 1.82) is 0 Å². The Bertz CT molecular complexity index is 1020. The van der Waals surface area contributed by atoms with Crippen molar-refractivity contribution >= 4 is 33.0 Å². The molecule has 0 aliphatic heterocycles. The molecular weight excluding hydrogens is 408 g/mol. The minimum atomic E-state index is -3.70. The van der Waals surface area contributed by atoms with Crippen molar-refractivity contribution in [3.63, 3.8) is 0 Å². The Kier molecular flexibility index (Phi) is 5.58. The number of anilines is 1. The number of hydrogen-bond acceptors (Lipinski definition) is 4. The van der Waals surface area contributed by atoms with E-state index in [-0.39, 0.29) is 28.3 Å². The number of fused-ring (bicyclic) bond motifs is 2. The molecule has 154 valence electrons. The molecule has 0 spiro atoms. The third kappa shape index (κ3) is 4.14. The highest BCUT2D eigenvalue weighted by molar-refractivity contribution is 7.91. The van der Waals surface area contributed by atoms with Gasteiger partial charge in [-0.25, -0.2) is 8.42 Å². The fourth-order valence-electron chi connectivity index (χ4n) is 4.70. The maximum Gasteiger partial charge on any atom is 0.239 e. The molecular formula is C22H25ClN2O3S. The van der Waals surface area contributed by atoms with Crippen LogP contribution in [0.4, 0.5) is 5.69 Å². The summed E-state index contributed by atoms with van der Waals surface area (Å²) in [5.74, 6) is 1.30. The van der Waals surface area contributed by atoms with E-state index in [4.69, 9.17) is 11.6 Å². The van der Waals surface area contributed by atoms with Gasteiger partial charge in [-0.2, -0.15) is 0 Å². The van der Waals surface area contributed by atoms with Crippen LogP contribution in [0.1, 0.15) is 31.2 Å². The van der Waals surface area contributed by atoms with Crippen LogP contribution in [0.3, 0.4) is 0 Å². The van der Waals surface area contributed by atoms with Crippen molar-refractivity contribution in [2.45, 2.75) is 48.4 Å². The van der Waals surface area contributed by atoms with E-state index in [0.29, 0.717) is 22.2 Å². The van der Waals surface area contributed by atoms with Crippen LogP contribution in [0.2, 0.25) is 5.02 Å². The number of amides is 1. The summed E-state index contributed by atoms with van der Waals surface area (Å²) < 4.78 is 26.1. The zero-order valence-corrected chi connectivity index (χ0v) is 17.9. The van der Waals surface area contributed by atoms with Gasteiger partial charge in [0.25, 0.3) is 0 Å². The minimum Gasteiger partial charge on any atom is -0.376 e. The Balaban J connectivity index is 1.49. The number of hydrogen-bond donors (Lipinski definition) is 2. The van der Waals surface area contributed by atoms with Gasteiger partial charge >= 0.3 is 0 Å². The Morgan fingerprint density at radius 2 is 1.90 bits per heavy atom. The highest BCUT2D eigenvalue weighted by atomic mass is 35.5. The Labute approximate surface area is 176 Å². The molecule has 2 saturated carbocycles. The minimum absolute atomic E-state index is 0.0746. The fourth-order valence-corrected chi connectivity index (χ4v) is 6.55. The van der Waals surface area contributed by atoms with E-state index in [2.05, 4.69) is 10.6 Å². The first-order valence-electron chi connectivity index (χ1n) is 9.98. The number of nitrogens with one attached hydrogen (secondary N) is 2. The van der Waals surface area contributed by atoms with Crippen molar-refractivity contribution in [1.82, 2.24) is 5.32 Å². The second-order valence-electron chi connectivity index (χ2n) is 8.10. The van der Waals surface area contributed by atoms with E-state index in [1.54, 1.807) is 43.3 Å². The molecule has 0 aromatic heterocycles. The van der Waals surface area contributed by atoms with Crippen molar-refractivity contribution in [2.24, 2.45) is 11.8 Å². The van der Waals surface area contributed by atoms with Crippen LogP contribution in [0, 0.1) is 18.8 Å². The van der Waals surface area contributed by atoms with Crippen LogP contribution in [-0.2, 0) is 14.6 Å². The molecule has 2 bridgehead atoms. The zero-order valence-electron chi connectivity index (χ0n) is 16.3. The number of carbonyl (C=O) groups excluding carboxylic acids is 1. The monoisotopic (exact) mass is 432 g/mol. The Morgan fingerprint density at radius 3 is 2.55 bits per heavy atom. The molecule has 0 saturated heterocycles. The van der Waals surface area contributed by atoms with E-state index in [9.17, 15) is 13.2 Å². The quantitative estimate of drug-likeness (QED) is 0.717. The van der Waals surface area contributed by atoms with E-state index >= 15 is 0 Å². The molecule has 7 heteroatoms. The topological polar surface area (TPSA) is 75.3 Å². The van der Waals surface area contributed by atoms with Crippen LogP contribution < -0.4 is 10.6 Å². The van der Waals surface area contributed by atoms with Crippen molar-refractivity contribution in [3.05, 3.63) is 53.1 Å². The van der Waals surface area contributed by atoms with Gasteiger partial charge in [0, 0.05) is 16.8 Å². The summed E-state index contributed by atoms with van der Waals surface area (Å²) >= 11 is 6.21. The van der Waals surface area contributed by atoms with E-state index in [0.717, 1.165) is 12.3 Å². The average Bonchev–Trinajstić information content (AvgIpc) is 3.32. The van der Waals surface area contributed by atoms with Gasteiger partial charge in [0.1, 0.15) is 0 Å². The molecule has 2 aromatic carbocycles. The number of benzene rings is 2. The molecule has 1 amide bonds. The molecule has 29 heavy (non-hydrogen) atoms. The van der Waals surface area contributed by atoms with Crippen LogP contribution in [-0.4, -0.2) is 26.9 Å². The van der Waals surface area contributed by atoms with Gasteiger partial charge in [-0.15, -0.1) is 0 Å². The second-order valence-corrected chi connectivity index (χ2v) is 10.4. The standard InChI is InChI=1S/C22H25ClN2O3S/c1-14-19(24-13-22(26)25-20-10-15-7-8-16(20)9-15)11-17(23)12-21(14)29(27,28)18-5-3-2-4-6-18/h2-6,11-12,15-16,20,24H,7-10,13H2,1H3,(H,25,26). The summed E-state index contributed by atoms with van der Waals surface area (Å²) in [6, 6.07) is 11.7. The normalized spacial score (nSPS) is 23.2. The maximum atomic E-state index is 13.0. The van der Waals surface area contributed by atoms with Gasteiger partial charge in [-0.05, 0) is 67.9 Å². The highest BCUT2D eigenvalue weighted by Crippen LogP contribution is 2.44. The molecule has 0 radical (unpaired) electrons. The number of sulfone groups is 1. The second kappa shape index (κ2) is 8.00. The third-order valence-electron chi connectivity index (χ3n) is 6.19. The maximum absolute atomic E-state index is 13.0. The molecule has 2 N–H and O–H groups in total. The summed E-state index contributed by atoms with van der Waals surface area (Å²) in [5, 5.41) is 6.51. The molecule has 5 nitrogen and oxygen atoms in total. The average molecular weight is 433 g/mol. The fraction of sp³-hybridized carbons (Fsp3) is 0.409. The summed E-state index contributed by atoms with van der Waals surface area (Å²) in [7, 11) is -3.70. The lowest BCUT2D eigenvalue weighted by Gasteiger charge is -2.23. The molecule has 4 rings (SSSR count). The Hall–Kier alpha value is -2.05. The SMILES string of the molecule is Cc1c(NCC(=O)NC2CC3CCC2C3)cc(Cl)cc1S(=O)(=O)c1ccccc1. The van der Waals surface area contributed by atoms with Crippen LogP contribution in [0.25, 0.3) is 0 Å². The van der Waals surface area contributed by atoms with E-state index < -0.39 is 9.84 Å². The largest absolute Gasteiger partial charge is 0.376 e. The smallest absolute Gasteiger partial charge is 0.239 e. The molecule has 2 fully saturated rings. The first kappa shape index (κ1) is 20.2. The van der Waals surface area contributed by atoms with Crippen molar-refractivity contribution in [3.8, 4) is 0 Å². The molecule has 3 atom stereocenters. The zero-order chi connectivity index (χ0) is 20.6. The predicted molar refractivity (Wildman–Crippen MR) is 114 cm³/mol. The first-order chi connectivity index (χ1) is 13.8. The number of rotatable bonds is 6. The van der Waals surface area contributed by atoms with Gasteiger partial charge in [0.2, 0.25) is 15.7 Å². The summed E-state index contributed by atoms with van der Waals surface area (Å²) in [6.07, 6.45) is 4.80. The van der Waals surface area contributed by atoms with E-state index in [1.165, 1.54) is 25.3 Å². The van der Waals surface area contributed by atoms with Crippen molar-refractivity contribution < 1.29 is 13.2 Å². The molecule has 2 aliphatic rings. The lowest BCUT2D eigenvalue weighted by Crippen LogP contribution is -2.41. The van der Waals surface area contributed by atoms with Gasteiger partial charge < -0.3 is 10.6 Å². The van der Waals surface area contributed by atoms with Crippen LogP contribution in [0.15, 0.2) is 52.3 Å². The molecule has 3 unspecified atom stereocenters. The lowest BCUT2D eigenvalue weighted by molar-refractivity contribution is -0.120. The highest BCUT2D eigenvalue weighted by Gasteiger charge is 2.40. The van der Waals surface area contributed by atoms with Gasteiger partial charge in [-0.1, -0.05) is 36.2 Å². The summed E-state index contributed by atoms with van der Waals surface area (Å²) in [5.41, 5.74) is 1.10. The Morgan fingerprint density at radius 1 is 1.14 bits per heavy atom. The van der Waals surface area contributed by atoms with Gasteiger partial charge in [0.05, 0.1) is 16.3 Å². The summed E-state index contributed by atoms with van der Waals surface area (Å²) in [6.45, 7) is 1.81. The third-order valence-corrected chi connectivity index (χ3v) is 8.31. The molecule has 2 aliphatic carbocycles. The van der Waals surface area contributed by atoms with Crippen LogP contribution >= 0.6 is 11.6 Å². The van der Waals surface area contributed by atoms with Crippen LogP contribution in [0.5, 0.6) is 0 Å². The van der Waals surface area contributed by atoms with E-state index in [1.807, 2.05) is 0 Å². The summed E-state index contributed by atoms with van der Waals surface area (Å²) in [4.78, 5) is 12.8. The molecule has 0 heterocycles. The first-order valence-corrected chi connectivity index (χ1v) is 11.8. The van der Waals surface area contributed by atoms with Gasteiger partial charge in [0.15, 0.2) is 0 Å². The van der Waals surface area contributed by atoms with Crippen molar-refractivity contribution in [2.75, 3.05) is 11.9 Å². The number of halogens is 1. The molecule has 2 aromatic rings.